The van der Waals surface area contributed by atoms with Crippen molar-refractivity contribution < 1.29 is 9.59 Å². The number of thiazole rings is 1. The lowest BCUT2D eigenvalue weighted by atomic mass is 10.1. The molecule has 27 heavy (non-hydrogen) atoms. The number of urea groups is 1. The quantitative estimate of drug-likeness (QED) is 0.626. The SMILES string of the molecule is Cc1nc(-c2ncccn2)sc1C(=O)NC(C)c1ccc(NC(N)=O)cc1. The molecule has 0 bridgehead atoms. The van der Waals surface area contributed by atoms with Gasteiger partial charge < -0.3 is 16.4 Å². The van der Waals surface area contributed by atoms with Crippen LogP contribution in [0.1, 0.15) is 33.9 Å². The molecule has 4 N–H and O–H groups in total. The number of rotatable bonds is 5. The summed E-state index contributed by atoms with van der Waals surface area (Å²) in [6.45, 7) is 3.67. The molecule has 0 aliphatic rings. The fourth-order valence-corrected chi connectivity index (χ4v) is 3.37. The predicted octanol–water partition coefficient (Wildman–Crippen LogP) is 2.89. The molecule has 1 atom stereocenters. The average Bonchev–Trinajstić information content (AvgIpc) is 3.04. The van der Waals surface area contributed by atoms with Crippen molar-refractivity contribution in [3.05, 3.63) is 58.9 Å². The maximum absolute atomic E-state index is 12.7. The van der Waals surface area contributed by atoms with Crippen LogP contribution in [-0.4, -0.2) is 26.9 Å². The van der Waals surface area contributed by atoms with Gasteiger partial charge in [0.1, 0.15) is 4.88 Å². The molecule has 3 amide bonds. The molecule has 0 spiro atoms. The number of nitrogens with two attached hydrogens (primary N) is 1. The molecule has 2 heterocycles. The number of aromatic nitrogens is 3. The summed E-state index contributed by atoms with van der Waals surface area (Å²) in [5.74, 6) is 0.286. The van der Waals surface area contributed by atoms with Gasteiger partial charge in [0.2, 0.25) is 0 Å². The molecule has 0 aliphatic carbocycles. The number of carbonyl (C=O) groups is 2. The Hall–Kier alpha value is -3.33. The van der Waals surface area contributed by atoms with Gasteiger partial charge >= 0.3 is 6.03 Å². The third-order valence-electron chi connectivity index (χ3n) is 3.79. The van der Waals surface area contributed by atoms with E-state index in [9.17, 15) is 9.59 Å². The van der Waals surface area contributed by atoms with E-state index in [-0.39, 0.29) is 11.9 Å². The van der Waals surface area contributed by atoms with Crippen molar-refractivity contribution in [1.29, 1.82) is 0 Å². The Morgan fingerprint density at radius 2 is 1.81 bits per heavy atom. The Morgan fingerprint density at radius 1 is 1.15 bits per heavy atom. The Bertz CT molecular complexity index is 956. The highest BCUT2D eigenvalue weighted by atomic mass is 32.1. The second-order valence-electron chi connectivity index (χ2n) is 5.81. The molecule has 1 aromatic carbocycles. The van der Waals surface area contributed by atoms with E-state index < -0.39 is 6.03 Å². The Balaban J connectivity index is 1.71. The molecule has 138 valence electrons. The van der Waals surface area contributed by atoms with Crippen LogP contribution in [0.25, 0.3) is 10.8 Å². The average molecular weight is 382 g/mol. The summed E-state index contributed by atoms with van der Waals surface area (Å²) >= 11 is 1.26. The second-order valence-corrected chi connectivity index (χ2v) is 6.81. The highest BCUT2D eigenvalue weighted by Gasteiger charge is 2.19. The molecule has 0 fully saturated rings. The molecule has 0 radical (unpaired) electrons. The highest BCUT2D eigenvalue weighted by molar-refractivity contribution is 7.17. The van der Waals surface area contributed by atoms with Crippen LogP contribution >= 0.6 is 11.3 Å². The summed E-state index contributed by atoms with van der Waals surface area (Å²) in [5, 5.41) is 6.06. The van der Waals surface area contributed by atoms with Crippen molar-refractivity contribution in [3.8, 4) is 10.8 Å². The van der Waals surface area contributed by atoms with Gasteiger partial charge in [0.05, 0.1) is 11.7 Å². The van der Waals surface area contributed by atoms with Crippen LogP contribution in [0.5, 0.6) is 0 Å². The van der Waals surface area contributed by atoms with Crippen LogP contribution < -0.4 is 16.4 Å². The number of carbonyl (C=O) groups excluding carboxylic acids is 2. The molecule has 9 heteroatoms. The van der Waals surface area contributed by atoms with E-state index in [4.69, 9.17) is 5.73 Å². The number of hydrogen-bond donors (Lipinski definition) is 3. The zero-order chi connectivity index (χ0) is 19.4. The summed E-state index contributed by atoms with van der Waals surface area (Å²) in [4.78, 5) is 36.8. The Morgan fingerprint density at radius 3 is 2.44 bits per heavy atom. The summed E-state index contributed by atoms with van der Waals surface area (Å²) < 4.78 is 0. The number of aryl methyl sites for hydroxylation is 1. The Labute approximate surface area is 159 Å². The zero-order valence-electron chi connectivity index (χ0n) is 14.8. The van der Waals surface area contributed by atoms with Crippen LogP contribution in [0.15, 0.2) is 42.7 Å². The van der Waals surface area contributed by atoms with Gasteiger partial charge in [-0.3, -0.25) is 4.79 Å². The van der Waals surface area contributed by atoms with Crippen LogP contribution in [0.4, 0.5) is 10.5 Å². The molecule has 0 saturated heterocycles. The van der Waals surface area contributed by atoms with E-state index in [1.165, 1.54) is 11.3 Å². The molecule has 1 unspecified atom stereocenters. The molecule has 0 aliphatic heterocycles. The number of benzene rings is 1. The first-order chi connectivity index (χ1) is 12.9. The molecule has 0 saturated carbocycles. The van der Waals surface area contributed by atoms with E-state index in [2.05, 4.69) is 25.6 Å². The lowest BCUT2D eigenvalue weighted by Gasteiger charge is -2.14. The van der Waals surface area contributed by atoms with Gasteiger partial charge in [-0.15, -0.1) is 11.3 Å². The van der Waals surface area contributed by atoms with Crippen molar-refractivity contribution >= 4 is 29.0 Å². The number of hydrogen-bond acceptors (Lipinski definition) is 6. The van der Waals surface area contributed by atoms with Crippen molar-refractivity contribution in [1.82, 2.24) is 20.3 Å². The van der Waals surface area contributed by atoms with Gasteiger partial charge in [0.15, 0.2) is 10.8 Å². The summed E-state index contributed by atoms with van der Waals surface area (Å²) in [7, 11) is 0. The first kappa shape index (κ1) is 18.5. The Kier molecular flexibility index (Phi) is 5.41. The van der Waals surface area contributed by atoms with Gasteiger partial charge in [-0.2, -0.15) is 0 Å². The zero-order valence-corrected chi connectivity index (χ0v) is 15.6. The lowest BCUT2D eigenvalue weighted by molar-refractivity contribution is 0.0943. The van der Waals surface area contributed by atoms with Crippen molar-refractivity contribution in [2.75, 3.05) is 5.32 Å². The maximum Gasteiger partial charge on any atom is 0.316 e. The van der Waals surface area contributed by atoms with Crippen LogP contribution in [0, 0.1) is 6.92 Å². The maximum atomic E-state index is 12.7. The first-order valence-electron chi connectivity index (χ1n) is 8.16. The van der Waals surface area contributed by atoms with E-state index in [0.29, 0.717) is 27.1 Å². The van der Waals surface area contributed by atoms with Gasteiger partial charge in [0.25, 0.3) is 5.91 Å². The minimum Gasteiger partial charge on any atom is -0.351 e. The van der Waals surface area contributed by atoms with E-state index in [0.717, 1.165) is 5.56 Å². The minimum atomic E-state index is -0.622. The van der Waals surface area contributed by atoms with Gasteiger partial charge in [-0.25, -0.2) is 19.7 Å². The van der Waals surface area contributed by atoms with Gasteiger partial charge in [-0.05, 0) is 37.6 Å². The first-order valence-corrected chi connectivity index (χ1v) is 8.98. The van der Waals surface area contributed by atoms with E-state index in [1.807, 2.05) is 19.1 Å². The third kappa shape index (κ3) is 4.45. The summed E-state index contributed by atoms with van der Waals surface area (Å²) in [5.41, 5.74) is 7.21. The summed E-state index contributed by atoms with van der Waals surface area (Å²) in [6, 6.07) is 7.97. The fourth-order valence-electron chi connectivity index (χ4n) is 2.46. The van der Waals surface area contributed by atoms with Crippen molar-refractivity contribution in [2.45, 2.75) is 19.9 Å². The number of primary amides is 1. The normalized spacial score (nSPS) is 11.6. The number of nitrogens with one attached hydrogen (secondary N) is 2. The lowest BCUT2D eigenvalue weighted by Crippen LogP contribution is -2.26. The van der Waals surface area contributed by atoms with Gasteiger partial charge in [0, 0.05) is 18.1 Å². The number of nitrogens with zero attached hydrogens (tertiary/aromatic N) is 3. The smallest absolute Gasteiger partial charge is 0.316 e. The number of anilines is 1. The highest BCUT2D eigenvalue weighted by Crippen LogP contribution is 2.26. The minimum absolute atomic E-state index is 0.209. The number of amides is 3. The van der Waals surface area contributed by atoms with E-state index >= 15 is 0 Å². The van der Waals surface area contributed by atoms with Crippen LogP contribution in [0.3, 0.4) is 0 Å². The second kappa shape index (κ2) is 7.92. The molecule has 2 aromatic heterocycles. The van der Waals surface area contributed by atoms with Crippen LogP contribution in [0.2, 0.25) is 0 Å². The third-order valence-corrected chi connectivity index (χ3v) is 4.94. The van der Waals surface area contributed by atoms with Gasteiger partial charge in [-0.1, -0.05) is 12.1 Å². The van der Waals surface area contributed by atoms with E-state index in [1.54, 1.807) is 37.5 Å². The largest absolute Gasteiger partial charge is 0.351 e. The molecule has 3 rings (SSSR count). The molecular formula is C18H18N6O2S. The predicted molar refractivity (Wildman–Crippen MR) is 103 cm³/mol. The standard InChI is InChI=1S/C18H18N6O2S/c1-10(12-4-6-13(7-5-12)24-18(19)26)22-16(25)14-11(2)23-17(27-14)15-20-8-3-9-21-15/h3-10H,1-2H3,(H,22,25)(H3,19,24,26). The molecule has 8 nitrogen and oxygen atoms in total. The van der Waals surface area contributed by atoms with Crippen molar-refractivity contribution in [3.63, 3.8) is 0 Å². The summed E-state index contributed by atoms with van der Waals surface area (Å²) in [6.07, 6.45) is 3.27. The molecular weight excluding hydrogens is 364 g/mol. The van der Waals surface area contributed by atoms with Crippen LogP contribution in [-0.2, 0) is 0 Å². The fraction of sp³-hybridized carbons (Fsp3) is 0.167. The van der Waals surface area contributed by atoms with Crippen molar-refractivity contribution in [2.24, 2.45) is 5.73 Å². The molecule has 3 aromatic rings. The topological polar surface area (TPSA) is 123 Å². The monoisotopic (exact) mass is 382 g/mol.